The van der Waals surface area contributed by atoms with Crippen LogP contribution in [0.2, 0.25) is 10.0 Å². The van der Waals surface area contributed by atoms with Crippen LogP contribution < -0.4 is 9.80 Å². The summed E-state index contributed by atoms with van der Waals surface area (Å²) >= 11 is 12.1. The van der Waals surface area contributed by atoms with Crippen molar-refractivity contribution in [1.82, 2.24) is 0 Å². The number of nitrogens with zero attached hydrogens (tertiary/aromatic N) is 2. The molecule has 0 aliphatic carbocycles. The summed E-state index contributed by atoms with van der Waals surface area (Å²) in [6.07, 6.45) is 0.174. The van der Waals surface area contributed by atoms with Crippen molar-refractivity contribution in [3.05, 3.63) is 58.6 Å². The average molecular weight is 365 g/mol. The molecular formula is C18H18Cl2N2O2. The fourth-order valence-electron chi connectivity index (χ4n) is 2.31. The van der Waals surface area contributed by atoms with Gasteiger partial charge in [-0.25, -0.2) is 0 Å². The van der Waals surface area contributed by atoms with E-state index in [2.05, 4.69) is 0 Å². The molecule has 4 nitrogen and oxygen atoms in total. The molecule has 0 saturated carbocycles. The Morgan fingerprint density at radius 1 is 1.04 bits per heavy atom. The van der Waals surface area contributed by atoms with E-state index in [1.54, 1.807) is 30.1 Å². The molecule has 24 heavy (non-hydrogen) atoms. The van der Waals surface area contributed by atoms with Crippen molar-refractivity contribution >= 4 is 46.4 Å². The Kier molecular flexibility index (Phi) is 6.23. The highest BCUT2D eigenvalue weighted by atomic mass is 35.5. The average Bonchev–Trinajstić information content (AvgIpc) is 2.57. The summed E-state index contributed by atoms with van der Waals surface area (Å²) in [6.45, 7) is 1.66. The lowest BCUT2D eigenvalue weighted by Crippen LogP contribution is -2.34. The summed E-state index contributed by atoms with van der Waals surface area (Å²) < 4.78 is 0. The Hall–Kier alpha value is -2.04. The van der Waals surface area contributed by atoms with Crippen LogP contribution in [0.4, 0.5) is 11.4 Å². The highest BCUT2D eigenvalue weighted by Gasteiger charge is 2.18. The van der Waals surface area contributed by atoms with Crippen molar-refractivity contribution in [2.45, 2.75) is 13.3 Å². The zero-order valence-corrected chi connectivity index (χ0v) is 15.0. The maximum Gasteiger partial charge on any atom is 0.228 e. The van der Waals surface area contributed by atoms with E-state index in [9.17, 15) is 9.59 Å². The maximum absolute atomic E-state index is 12.4. The van der Waals surface area contributed by atoms with E-state index in [1.165, 1.54) is 11.8 Å². The molecule has 0 spiro atoms. The lowest BCUT2D eigenvalue weighted by molar-refractivity contribution is -0.118. The minimum atomic E-state index is -0.200. The van der Waals surface area contributed by atoms with E-state index in [-0.39, 0.29) is 24.8 Å². The Bertz CT molecular complexity index is 735. The van der Waals surface area contributed by atoms with Crippen LogP contribution in [0.3, 0.4) is 0 Å². The fourth-order valence-corrected chi connectivity index (χ4v) is 2.70. The molecule has 0 radical (unpaired) electrons. The molecule has 0 aliphatic heterocycles. The minimum absolute atomic E-state index is 0.0920. The summed E-state index contributed by atoms with van der Waals surface area (Å²) in [6, 6.07) is 14.2. The molecule has 0 saturated heterocycles. The normalized spacial score (nSPS) is 10.3. The molecule has 0 unspecified atom stereocenters. The van der Waals surface area contributed by atoms with Crippen molar-refractivity contribution in [3.63, 3.8) is 0 Å². The Morgan fingerprint density at radius 3 is 2.33 bits per heavy atom. The molecule has 0 aromatic heterocycles. The Balaban J connectivity index is 2.10. The van der Waals surface area contributed by atoms with Crippen LogP contribution in [0, 0.1) is 0 Å². The molecule has 6 heteroatoms. The second-order valence-electron chi connectivity index (χ2n) is 5.30. The SMILES string of the molecule is CC(=O)N(CCC(=O)N(C)c1ccccc1)c1cc(Cl)ccc1Cl. The van der Waals surface area contributed by atoms with Crippen molar-refractivity contribution in [1.29, 1.82) is 0 Å². The number of halogens is 2. The third-order valence-electron chi connectivity index (χ3n) is 3.65. The lowest BCUT2D eigenvalue weighted by atomic mass is 10.2. The zero-order valence-electron chi connectivity index (χ0n) is 13.5. The Labute approximate surface area is 151 Å². The van der Waals surface area contributed by atoms with Crippen molar-refractivity contribution < 1.29 is 9.59 Å². The Morgan fingerprint density at radius 2 is 1.71 bits per heavy atom. The van der Waals surface area contributed by atoms with Gasteiger partial charge in [0.2, 0.25) is 11.8 Å². The molecule has 2 amide bonds. The van der Waals surface area contributed by atoms with Crippen LogP contribution in [0.15, 0.2) is 48.5 Å². The first-order chi connectivity index (χ1) is 11.4. The van der Waals surface area contributed by atoms with Crippen molar-refractivity contribution in [3.8, 4) is 0 Å². The van der Waals surface area contributed by atoms with E-state index in [0.717, 1.165) is 5.69 Å². The van der Waals surface area contributed by atoms with Gasteiger partial charge in [0, 0.05) is 37.6 Å². The largest absolute Gasteiger partial charge is 0.315 e. The van der Waals surface area contributed by atoms with Gasteiger partial charge in [0.05, 0.1) is 10.7 Å². The molecule has 0 N–H and O–H groups in total. The van der Waals surface area contributed by atoms with E-state index in [4.69, 9.17) is 23.2 Å². The number of carbonyl (C=O) groups excluding carboxylic acids is 2. The predicted molar refractivity (Wildman–Crippen MR) is 99.0 cm³/mol. The van der Waals surface area contributed by atoms with Crippen molar-refractivity contribution in [2.24, 2.45) is 0 Å². The molecular weight excluding hydrogens is 347 g/mol. The summed E-state index contributed by atoms with van der Waals surface area (Å²) in [4.78, 5) is 27.4. The van der Waals surface area contributed by atoms with Crippen LogP contribution in [0.1, 0.15) is 13.3 Å². The van der Waals surface area contributed by atoms with E-state index < -0.39 is 0 Å². The molecule has 0 atom stereocenters. The van der Waals surface area contributed by atoms with E-state index >= 15 is 0 Å². The summed E-state index contributed by atoms with van der Waals surface area (Å²) in [5, 5.41) is 0.895. The van der Waals surface area contributed by atoms with Gasteiger partial charge < -0.3 is 9.80 Å². The maximum atomic E-state index is 12.4. The molecule has 0 heterocycles. The van der Waals surface area contributed by atoms with Gasteiger partial charge in [-0.05, 0) is 30.3 Å². The first kappa shape index (κ1) is 18.3. The second-order valence-corrected chi connectivity index (χ2v) is 6.15. The number of hydrogen-bond acceptors (Lipinski definition) is 2. The number of carbonyl (C=O) groups is 2. The molecule has 2 aromatic carbocycles. The van der Waals surface area contributed by atoms with Gasteiger partial charge in [0.15, 0.2) is 0 Å². The van der Waals surface area contributed by atoms with Crippen LogP contribution in [-0.2, 0) is 9.59 Å². The minimum Gasteiger partial charge on any atom is -0.315 e. The van der Waals surface area contributed by atoms with E-state index in [1.807, 2.05) is 30.3 Å². The van der Waals surface area contributed by atoms with Gasteiger partial charge in [-0.3, -0.25) is 9.59 Å². The van der Waals surface area contributed by atoms with Gasteiger partial charge in [0.25, 0.3) is 0 Å². The number of hydrogen-bond donors (Lipinski definition) is 0. The summed E-state index contributed by atoms with van der Waals surface area (Å²) in [7, 11) is 1.71. The quantitative estimate of drug-likeness (QED) is 0.788. The summed E-state index contributed by atoms with van der Waals surface area (Å²) in [5.74, 6) is -0.292. The number of anilines is 2. The van der Waals surface area contributed by atoms with Crippen LogP contribution in [0.25, 0.3) is 0 Å². The topological polar surface area (TPSA) is 40.6 Å². The number of benzene rings is 2. The standard InChI is InChI=1S/C18H18Cl2N2O2/c1-13(23)22(17-12-14(19)8-9-16(17)20)11-10-18(24)21(2)15-6-4-3-5-7-15/h3-9,12H,10-11H2,1-2H3. The highest BCUT2D eigenvalue weighted by molar-refractivity contribution is 6.35. The second kappa shape index (κ2) is 8.18. The molecule has 2 aromatic rings. The van der Waals surface area contributed by atoms with Gasteiger partial charge in [-0.1, -0.05) is 41.4 Å². The van der Waals surface area contributed by atoms with E-state index in [0.29, 0.717) is 15.7 Å². The third kappa shape index (κ3) is 4.49. The lowest BCUT2D eigenvalue weighted by Gasteiger charge is -2.24. The first-order valence-corrected chi connectivity index (χ1v) is 8.20. The zero-order chi connectivity index (χ0) is 17.7. The van der Waals surface area contributed by atoms with Gasteiger partial charge >= 0.3 is 0 Å². The van der Waals surface area contributed by atoms with Crippen LogP contribution in [0.5, 0.6) is 0 Å². The number of amides is 2. The predicted octanol–water partition coefficient (Wildman–Crippen LogP) is 4.40. The number of rotatable bonds is 5. The van der Waals surface area contributed by atoms with Gasteiger partial charge in [-0.2, -0.15) is 0 Å². The van der Waals surface area contributed by atoms with Gasteiger partial charge in [-0.15, -0.1) is 0 Å². The van der Waals surface area contributed by atoms with Crippen LogP contribution >= 0.6 is 23.2 Å². The molecule has 126 valence electrons. The van der Waals surface area contributed by atoms with Crippen LogP contribution in [-0.4, -0.2) is 25.4 Å². The monoisotopic (exact) mass is 364 g/mol. The van der Waals surface area contributed by atoms with Crippen molar-refractivity contribution in [2.75, 3.05) is 23.4 Å². The van der Waals surface area contributed by atoms with Gasteiger partial charge in [0.1, 0.15) is 0 Å². The first-order valence-electron chi connectivity index (χ1n) is 7.45. The third-order valence-corrected chi connectivity index (χ3v) is 4.20. The number of para-hydroxylation sites is 1. The highest BCUT2D eigenvalue weighted by Crippen LogP contribution is 2.29. The summed E-state index contributed by atoms with van der Waals surface area (Å²) in [5.41, 5.74) is 1.31. The molecule has 0 aliphatic rings. The smallest absolute Gasteiger partial charge is 0.228 e. The molecule has 0 fully saturated rings. The molecule has 2 rings (SSSR count). The molecule has 0 bridgehead atoms. The fraction of sp³-hybridized carbons (Fsp3) is 0.222.